The average molecular weight is 631 g/mol. The van der Waals surface area contributed by atoms with Gasteiger partial charge in [-0.05, 0) is 65.6 Å². The Morgan fingerprint density at radius 3 is 2.05 bits per heavy atom. The maximum Gasteiger partial charge on any atom is 0.432 e. The van der Waals surface area contributed by atoms with Crippen molar-refractivity contribution in [2.24, 2.45) is 0 Å². The predicted molar refractivity (Wildman–Crippen MR) is 143 cm³/mol. The fourth-order valence-corrected chi connectivity index (χ4v) is 4.57. The van der Waals surface area contributed by atoms with Crippen LogP contribution in [0, 0.1) is 29.1 Å². The maximum absolute atomic E-state index is 15.2. The van der Waals surface area contributed by atoms with Crippen molar-refractivity contribution < 1.29 is 49.0 Å². The number of aryl methyl sites for hydroxylation is 1. The van der Waals surface area contributed by atoms with Crippen LogP contribution in [-0.4, -0.2) is 6.43 Å². The molecule has 0 saturated carbocycles. The van der Waals surface area contributed by atoms with Crippen molar-refractivity contribution in [2.75, 3.05) is 0 Å². The number of hydrogen-bond acceptors (Lipinski definition) is 2. The van der Waals surface area contributed by atoms with E-state index in [0.717, 1.165) is 30.2 Å². The second kappa shape index (κ2) is 13.0. The third kappa shape index (κ3) is 7.27. The third-order valence-electron chi connectivity index (χ3n) is 6.12. The van der Waals surface area contributed by atoms with Gasteiger partial charge in [-0.1, -0.05) is 37.1 Å². The Labute approximate surface area is 244 Å². The Morgan fingerprint density at radius 2 is 1.47 bits per heavy atom. The molecule has 0 radical (unpaired) electrons. The number of halogens is 10. The van der Waals surface area contributed by atoms with E-state index in [2.05, 4.69) is 9.47 Å². The third-order valence-corrected chi connectivity index (χ3v) is 6.41. The Kier molecular flexibility index (Phi) is 9.64. The van der Waals surface area contributed by atoms with Crippen molar-refractivity contribution in [1.82, 2.24) is 0 Å². The van der Waals surface area contributed by atoms with Gasteiger partial charge in [-0.25, -0.2) is 30.7 Å². The second-order valence-electron chi connectivity index (χ2n) is 9.19. The van der Waals surface area contributed by atoms with Crippen LogP contribution in [0.2, 0.25) is 5.02 Å². The molecule has 0 aliphatic heterocycles. The van der Waals surface area contributed by atoms with Crippen molar-refractivity contribution in [3.63, 3.8) is 0 Å². The van der Waals surface area contributed by atoms with Crippen LogP contribution in [0.4, 0.5) is 39.5 Å². The molecule has 0 heterocycles. The molecule has 0 spiro atoms. The summed E-state index contributed by atoms with van der Waals surface area (Å²) in [7, 11) is 0. The van der Waals surface area contributed by atoms with Gasteiger partial charge in [0.1, 0.15) is 34.6 Å². The molecule has 0 atom stereocenters. The van der Waals surface area contributed by atoms with Crippen LogP contribution in [0.3, 0.4) is 0 Å². The first kappa shape index (κ1) is 31.8. The Hall–Kier alpha value is -4.12. The molecule has 2 nitrogen and oxygen atoms in total. The summed E-state index contributed by atoms with van der Waals surface area (Å²) in [4.78, 5) is 0. The highest BCUT2D eigenvalue weighted by molar-refractivity contribution is 6.33. The molecule has 0 saturated heterocycles. The lowest BCUT2D eigenvalue weighted by molar-refractivity contribution is -0.189. The highest BCUT2D eigenvalue weighted by Gasteiger charge is 2.41. The van der Waals surface area contributed by atoms with Gasteiger partial charge in [-0.15, -0.1) is 0 Å². The molecule has 0 aliphatic carbocycles. The van der Waals surface area contributed by atoms with Gasteiger partial charge in [0.2, 0.25) is 0 Å². The maximum atomic E-state index is 15.2. The Balaban J connectivity index is 1.62. The fraction of sp³-hybridized carbons (Fsp3) is 0.161. The number of allylic oxidation sites excluding steroid dienone is 1. The van der Waals surface area contributed by atoms with E-state index in [9.17, 15) is 35.1 Å². The summed E-state index contributed by atoms with van der Waals surface area (Å²) in [5.74, 6) is -8.21. The second-order valence-corrected chi connectivity index (χ2v) is 9.59. The number of benzene rings is 4. The summed E-state index contributed by atoms with van der Waals surface area (Å²) in [6.45, 7) is 1.92. The van der Waals surface area contributed by atoms with E-state index in [1.165, 1.54) is 18.2 Å². The summed E-state index contributed by atoms with van der Waals surface area (Å²) in [6, 6.07) is 9.21. The van der Waals surface area contributed by atoms with Gasteiger partial charge >= 0.3 is 6.11 Å². The first-order valence-corrected chi connectivity index (χ1v) is 12.9. The van der Waals surface area contributed by atoms with Crippen LogP contribution in [0.5, 0.6) is 11.5 Å². The van der Waals surface area contributed by atoms with Crippen molar-refractivity contribution in [3.05, 3.63) is 118 Å². The number of hydrogen-bond donors (Lipinski definition) is 0. The molecule has 4 aromatic rings. The minimum Gasteiger partial charge on any atom is -0.462 e. The van der Waals surface area contributed by atoms with Crippen molar-refractivity contribution >= 4 is 11.6 Å². The molecule has 0 N–H and O–H groups in total. The highest BCUT2D eigenvalue weighted by atomic mass is 35.5. The van der Waals surface area contributed by atoms with Gasteiger partial charge in [0.25, 0.3) is 6.43 Å². The standard InChI is InChI=1S/C31H20ClF9O2/c1-2-3-16-4-6-20(22(33)10-16)17-11-21(32)29(24(35)12-17)18-13-25(36)30(26(37)14-18)31(40,41)43-19-5-7-27(23(34)15-19)42-9-8-28(38)39/h4-15,28H,2-3H2,1H3. The smallest absolute Gasteiger partial charge is 0.432 e. The summed E-state index contributed by atoms with van der Waals surface area (Å²) in [6.07, 6.45) is -5.38. The SMILES string of the molecule is CCCc1ccc(-c2cc(F)c(-c3cc(F)c(C(F)(F)Oc4ccc(OC=CC(F)F)c(F)c4)c(F)c3)c(Cl)c2)c(F)c1. The van der Waals surface area contributed by atoms with Crippen LogP contribution >= 0.6 is 11.6 Å². The average Bonchev–Trinajstić information content (AvgIpc) is 2.89. The molecule has 0 fully saturated rings. The zero-order valence-corrected chi connectivity index (χ0v) is 22.8. The van der Waals surface area contributed by atoms with Crippen LogP contribution in [-0.2, 0) is 12.5 Å². The molecule has 0 unspecified atom stereocenters. The van der Waals surface area contributed by atoms with Crippen molar-refractivity contribution in [3.8, 4) is 33.8 Å². The fourth-order valence-electron chi connectivity index (χ4n) is 4.25. The molecule has 12 heteroatoms. The molecule has 0 bridgehead atoms. The molecular weight excluding hydrogens is 611 g/mol. The van der Waals surface area contributed by atoms with Crippen LogP contribution < -0.4 is 9.47 Å². The predicted octanol–water partition coefficient (Wildman–Crippen LogP) is 10.6. The van der Waals surface area contributed by atoms with E-state index >= 15 is 4.39 Å². The molecule has 43 heavy (non-hydrogen) atoms. The van der Waals surface area contributed by atoms with Gasteiger partial charge in [0.05, 0.1) is 11.3 Å². The van der Waals surface area contributed by atoms with E-state index in [0.29, 0.717) is 37.0 Å². The van der Waals surface area contributed by atoms with Crippen molar-refractivity contribution in [2.45, 2.75) is 32.3 Å². The summed E-state index contributed by atoms with van der Waals surface area (Å²) >= 11 is 6.20. The van der Waals surface area contributed by atoms with E-state index in [1.54, 1.807) is 6.07 Å². The lowest BCUT2D eigenvalue weighted by Gasteiger charge is -2.20. The van der Waals surface area contributed by atoms with Gasteiger partial charge < -0.3 is 9.47 Å². The van der Waals surface area contributed by atoms with E-state index < -0.39 is 69.8 Å². The van der Waals surface area contributed by atoms with Crippen molar-refractivity contribution in [1.29, 1.82) is 0 Å². The van der Waals surface area contributed by atoms with E-state index in [-0.39, 0.29) is 16.1 Å². The number of ether oxygens (including phenoxy) is 2. The minimum atomic E-state index is -4.69. The molecule has 0 aliphatic rings. The molecule has 4 rings (SSSR count). The molecular formula is C31H20ClF9O2. The first-order valence-electron chi connectivity index (χ1n) is 12.6. The Bertz CT molecular complexity index is 1630. The van der Waals surface area contributed by atoms with Gasteiger partial charge in [0.15, 0.2) is 11.6 Å². The van der Waals surface area contributed by atoms with Crippen LogP contribution in [0.1, 0.15) is 24.5 Å². The van der Waals surface area contributed by atoms with Crippen LogP contribution in [0.25, 0.3) is 22.3 Å². The topological polar surface area (TPSA) is 18.5 Å². The molecule has 226 valence electrons. The number of rotatable bonds is 10. The first-order chi connectivity index (χ1) is 20.3. The van der Waals surface area contributed by atoms with Gasteiger partial charge in [-0.3, -0.25) is 0 Å². The Morgan fingerprint density at radius 1 is 0.791 bits per heavy atom. The lowest BCUT2D eigenvalue weighted by Crippen LogP contribution is -2.25. The van der Waals surface area contributed by atoms with Gasteiger partial charge in [0, 0.05) is 23.3 Å². The lowest BCUT2D eigenvalue weighted by atomic mass is 9.96. The van der Waals surface area contributed by atoms with Crippen LogP contribution in [0.15, 0.2) is 73.0 Å². The molecule has 0 aromatic heterocycles. The zero-order valence-electron chi connectivity index (χ0n) is 22.0. The molecule has 0 amide bonds. The summed E-state index contributed by atoms with van der Waals surface area (Å²) in [5.41, 5.74) is -2.13. The highest BCUT2D eigenvalue weighted by Crippen LogP contribution is 2.41. The number of alkyl halides is 4. The summed E-state index contributed by atoms with van der Waals surface area (Å²) in [5, 5.41) is -0.372. The summed E-state index contributed by atoms with van der Waals surface area (Å²) < 4.78 is 137. The normalized spacial score (nSPS) is 11.9. The van der Waals surface area contributed by atoms with E-state index in [4.69, 9.17) is 11.6 Å². The van der Waals surface area contributed by atoms with E-state index in [1.807, 2.05) is 6.92 Å². The van der Waals surface area contributed by atoms with Gasteiger partial charge in [-0.2, -0.15) is 8.78 Å². The molecule has 4 aromatic carbocycles. The monoisotopic (exact) mass is 630 g/mol. The zero-order chi connectivity index (χ0) is 31.5. The minimum absolute atomic E-state index is 0.0253. The largest absolute Gasteiger partial charge is 0.462 e. The quantitative estimate of drug-likeness (QED) is 0.128.